The Morgan fingerprint density at radius 1 is 1.33 bits per heavy atom. The number of hydrogen-bond acceptors (Lipinski definition) is 0. The van der Waals surface area contributed by atoms with Crippen LogP contribution in [0.3, 0.4) is 0 Å². The molecule has 0 saturated heterocycles. The van der Waals surface area contributed by atoms with Gasteiger partial charge in [0.1, 0.15) is 0 Å². The predicted molar refractivity (Wildman–Crippen MR) is 67.1 cm³/mol. The lowest BCUT2D eigenvalue weighted by atomic mass is 9.44. The molecule has 0 aliphatic rings. The van der Waals surface area contributed by atoms with Crippen molar-refractivity contribution in [2.24, 2.45) is 0 Å². The van der Waals surface area contributed by atoms with Crippen LogP contribution >= 0.6 is 22.6 Å². The van der Waals surface area contributed by atoms with E-state index in [1.165, 1.54) is 3.57 Å². The molecule has 12 heavy (non-hydrogen) atoms. The first-order valence-electron chi connectivity index (χ1n) is 3.83. The summed E-state index contributed by atoms with van der Waals surface area (Å²) in [6.45, 7) is 1.98. The van der Waals surface area contributed by atoms with Crippen molar-refractivity contribution in [1.82, 2.24) is 0 Å². The van der Waals surface area contributed by atoms with Gasteiger partial charge in [-0.25, -0.2) is 0 Å². The minimum Gasteiger partial charge on any atom is -0.115 e. The van der Waals surface area contributed by atoms with Crippen molar-refractivity contribution in [2.45, 2.75) is 13.0 Å². The summed E-state index contributed by atoms with van der Waals surface area (Å²) in [6, 6.07) is 10.2. The van der Waals surface area contributed by atoms with E-state index >= 15 is 0 Å². The molecule has 4 heteroatoms. The van der Waals surface area contributed by atoms with Crippen molar-refractivity contribution in [2.75, 3.05) is 0 Å². The third kappa shape index (κ3) is 8.24. The van der Waals surface area contributed by atoms with E-state index in [1.54, 1.807) is 7.17 Å². The maximum Gasteiger partial charge on any atom is 0.0958 e. The first-order valence-corrected chi connectivity index (χ1v) is 4.91. The average molecular weight is 266 g/mol. The first kappa shape index (κ1) is 12.1. The quantitative estimate of drug-likeness (QED) is 0.568. The monoisotopic (exact) mass is 266 g/mol. The maximum atomic E-state index is 4.98. The third-order valence-electron chi connectivity index (χ3n) is 1.10. The largest absolute Gasteiger partial charge is 0.115 e. The summed E-state index contributed by atoms with van der Waals surface area (Å²) in [5, 5.41) is 0. The Balaban J connectivity index is 0.000000217. The number of halogens is 1. The van der Waals surface area contributed by atoms with Gasteiger partial charge in [0, 0.05) is 18.5 Å². The van der Waals surface area contributed by atoms with Crippen LogP contribution in [0.1, 0.15) is 0 Å². The normalized spacial score (nSPS) is 7.83. The summed E-state index contributed by atoms with van der Waals surface area (Å²) < 4.78 is 1.29. The van der Waals surface area contributed by atoms with E-state index in [2.05, 4.69) is 34.7 Å². The van der Waals surface area contributed by atoms with Gasteiger partial charge in [-0.05, 0) is 34.7 Å². The summed E-state index contributed by atoms with van der Waals surface area (Å²) in [4.78, 5) is 0. The van der Waals surface area contributed by atoms with Crippen LogP contribution in [0.5, 0.6) is 0 Å². The predicted octanol–water partition coefficient (Wildman–Crippen LogP) is 2.19. The molecule has 1 rings (SSSR count). The van der Waals surface area contributed by atoms with Gasteiger partial charge in [0.2, 0.25) is 0 Å². The molecule has 4 radical (unpaired) electrons. The minimum atomic E-state index is 0.917. The zero-order valence-electron chi connectivity index (χ0n) is 7.20. The lowest BCUT2D eigenvalue weighted by Gasteiger charge is -1.80. The first-order chi connectivity index (χ1) is 5.81. The highest BCUT2D eigenvalue weighted by Crippen LogP contribution is 1.99. The van der Waals surface area contributed by atoms with Crippen molar-refractivity contribution < 1.29 is 0 Å². The van der Waals surface area contributed by atoms with Crippen LogP contribution in [0.15, 0.2) is 30.3 Å². The van der Waals surface area contributed by atoms with E-state index in [0.717, 1.165) is 6.22 Å². The van der Waals surface area contributed by atoms with Crippen LogP contribution in [-0.2, 0) is 0 Å². The molecule has 0 nitrogen and oxygen atoms in total. The Hall–Kier alpha value is 0.145. The van der Waals surface area contributed by atoms with Gasteiger partial charge < -0.3 is 0 Å². The fourth-order valence-electron chi connectivity index (χ4n) is 0.551. The van der Waals surface area contributed by atoms with Gasteiger partial charge in [-0.15, -0.1) is 6.22 Å². The van der Waals surface area contributed by atoms with E-state index in [1.807, 2.05) is 32.3 Å². The van der Waals surface area contributed by atoms with E-state index in [9.17, 15) is 0 Å². The second-order valence-corrected chi connectivity index (χ2v) is 3.42. The SMILES string of the molecule is Ic1ccccc1.[B][B]C[B]C. The molecular formula is C8H10B3I. The van der Waals surface area contributed by atoms with Gasteiger partial charge in [0.25, 0.3) is 0 Å². The molecule has 0 aromatic heterocycles. The Labute approximate surface area is 91.5 Å². The van der Waals surface area contributed by atoms with Crippen molar-refractivity contribution >= 4 is 44.8 Å². The summed E-state index contributed by atoms with van der Waals surface area (Å²) in [5.41, 5.74) is 0. The van der Waals surface area contributed by atoms with Gasteiger partial charge in [0.05, 0.1) is 7.28 Å². The molecule has 0 aliphatic carbocycles. The molecule has 1 aromatic rings. The highest BCUT2D eigenvalue weighted by molar-refractivity contribution is 14.1. The van der Waals surface area contributed by atoms with Crippen molar-refractivity contribution in [1.29, 1.82) is 0 Å². The number of benzene rings is 1. The molecule has 0 aliphatic heterocycles. The fraction of sp³-hybridized carbons (Fsp3) is 0.250. The Morgan fingerprint density at radius 3 is 2.08 bits per heavy atom. The second kappa shape index (κ2) is 9.23. The summed E-state index contributed by atoms with van der Waals surface area (Å²) in [7, 11) is 8.61. The van der Waals surface area contributed by atoms with Crippen LogP contribution in [0.4, 0.5) is 0 Å². The van der Waals surface area contributed by atoms with Crippen LogP contribution in [0.2, 0.25) is 13.0 Å². The second-order valence-electron chi connectivity index (χ2n) is 2.18. The molecule has 0 atom stereocenters. The Bertz CT molecular complexity index is 177. The molecule has 0 N–H and O–H groups in total. The molecule has 0 heterocycles. The van der Waals surface area contributed by atoms with Crippen LogP contribution < -0.4 is 0 Å². The zero-order valence-corrected chi connectivity index (χ0v) is 9.36. The van der Waals surface area contributed by atoms with E-state index in [0.29, 0.717) is 0 Å². The van der Waals surface area contributed by atoms with Crippen LogP contribution in [-0.4, -0.2) is 22.2 Å². The van der Waals surface area contributed by atoms with Gasteiger partial charge in [-0.1, -0.05) is 25.0 Å². The Kier molecular flexibility index (Phi) is 9.35. The third-order valence-corrected chi connectivity index (χ3v) is 1.82. The van der Waals surface area contributed by atoms with Crippen LogP contribution in [0, 0.1) is 3.57 Å². The molecule has 0 amide bonds. The minimum absolute atomic E-state index is 0.917. The fourth-order valence-corrected chi connectivity index (χ4v) is 0.966. The lowest BCUT2D eigenvalue weighted by molar-refractivity contribution is 1.65. The highest BCUT2D eigenvalue weighted by Gasteiger charge is 1.74. The summed E-state index contributed by atoms with van der Waals surface area (Å²) in [5.74, 6) is 0. The standard InChI is InChI=1S/C6H5I.C2H5B3/c7-6-4-2-1-3-5-6;1-4-2-5-3/h1-5H;2H2,1H3. The van der Waals surface area contributed by atoms with Crippen LogP contribution in [0.25, 0.3) is 0 Å². The smallest absolute Gasteiger partial charge is 0.0958 e. The molecule has 0 unspecified atom stereocenters. The molecule has 0 spiro atoms. The van der Waals surface area contributed by atoms with Gasteiger partial charge in [-0.3, -0.25) is 0 Å². The summed E-state index contributed by atoms with van der Waals surface area (Å²) in [6.07, 6.45) is 0.917. The van der Waals surface area contributed by atoms with E-state index < -0.39 is 0 Å². The zero-order chi connectivity index (χ0) is 9.23. The average Bonchev–Trinajstić information content (AvgIpc) is 2.08. The molecule has 1 aromatic carbocycles. The number of hydrogen-bond donors (Lipinski definition) is 0. The topological polar surface area (TPSA) is 0 Å². The molecule has 58 valence electrons. The Morgan fingerprint density at radius 2 is 1.92 bits per heavy atom. The van der Waals surface area contributed by atoms with E-state index in [4.69, 9.17) is 7.74 Å². The van der Waals surface area contributed by atoms with Gasteiger partial charge in [-0.2, -0.15) is 0 Å². The van der Waals surface area contributed by atoms with Crippen molar-refractivity contribution in [3.05, 3.63) is 33.9 Å². The maximum absolute atomic E-state index is 4.98. The van der Waals surface area contributed by atoms with E-state index in [-0.39, 0.29) is 0 Å². The van der Waals surface area contributed by atoms with Gasteiger partial charge >= 0.3 is 0 Å². The summed E-state index contributed by atoms with van der Waals surface area (Å²) >= 11 is 2.28. The van der Waals surface area contributed by atoms with Crippen molar-refractivity contribution in [3.8, 4) is 0 Å². The molecular weight excluding hydrogens is 255 g/mol. The highest BCUT2D eigenvalue weighted by atomic mass is 127. The van der Waals surface area contributed by atoms with Crippen molar-refractivity contribution in [3.63, 3.8) is 0 Å². The lowest BCUT2D eigenvalue weighted by Crippen LogP contribution is -1.90. The molecule has 0 saturated carbocycles. The number of rotatable bonds is 2. The van der Waals surface area contributed by atoms with Gasteiger partial charge in [0.15, 0.2) is 0 Å². The molecule has 0 fully saturated rings. The molecule has 0 bridgehead atoms.